The van der Waals surface area contributed by atoms with Crippen molar-refractivity contribution < 1.29 is 14.3 Å². The SMILES string of the molecule is CC(C)(C)OC(=O)N[C@@H]1COCC[C@H]1CN. The minimum atomic E-state index is -0.474. The minimum absolute atomic E-state index is 0.0337. The summed E-state index contributed by atoms with van der Waals surface area (Å²) in [4.78, 5) is 11.6. The molecule has 0 spiro atoms. The lowest BCUT2D eigenvalue weighted by atomic mass is 9.95. The van der Waals surface area contributed by atoms with Gasteiger partial charge in [-0.2, -0.15) is 0 Å². The van der Waals surface area contributed by atoms with E-state index in [1.165, 1.54) is 0 Å². The Bertz CT molecular complexity index is 238. The van der Waals surface area contributed by atoms with Crippen molar-refractivity contribution in [3.05, 3.63) is 0 Å². The molecular weight excluding hydrogens is 208 g/mol. The zero-order valence-electron chi connectivity index (χ0n) is 10.3. The molecular formula is C11H22N2O3. The lowest BCUT2D eigenvalue weighted by Gasteiger charge is -2.32. The summed E-state index contributed by atoms with van der Waals surface area (Å²) in [7, 11) is 0. The molecule has 1 saturated heterocycles. The first-order valence-corrected chi connectivity index (χ1v) is 5.69. The lowest BCUT2D eigenvalue weighted by molar-refractivity contribution is 0.0191. The van der Waals surface area contributed by atoms with Gasteiger partial charge in [0.05, 0.1) is 12.6 Å². The van der Waals surface area contributed by atoms with Crippen LogP contribution in [0.3, 0.4) is 0 Å². The summed E-state index contributed by atoms with van der Waals surface area (Å²) in [6.07, 6.45) is 0.484. The molecule has 1 rings (SSSR count). The van der Waals surface area contributed by atoms with Crippen LogP contribution in [0.4, 0.5) is 4.79 Å². The Hall–Kier alpha value is -0.810. The first kappa shape index (κ1) is 13.3. The Kier molecular flexibility index (Phi) is 4.56. The zero-order valence-corrected chi connectivity index (χ0v) is 10.3. The quantitative estimate of drug-likeness (QED) is 0.738. The summed E-state index contributed by atoms with van der Waals surface area (Å²) in [6, 6.07) is -0.0337. The van der Waals surface area contributed by atoms with Crippen LogP contribution in [0.2, 0.25) is 0 Å². The number of alkyl carbamates (subject to hydrolysis) is 1. The van der Waals surface area contributed by atoms with Crippen LogP contribution in [0.25, 0.3) is 0 Å². The van der Waals surface area contributed by atoms with Crippen molar-refractivity contribution >= 4 is 6.09 Å². The number of nitrogens with two attached hydrogens (primary N) is 1. The van der Waals surface area contributed by atoms with Gasteiger partial charge in [0.25, 0.3) is 0 Å². The van der Waals surface area contributed by atoms with E-state index in [2.05, 4.69) is 5.32 Å². The van der Waals surface area contributed by atoms with Crippen LogP contribution in [0.5, 0.6) is 0 Å². The van der Waals surface area contributed by atoms with Crippen LogP contribution in [0.1, 0.15) is 27.2 Å². The highest BCUT2D eigenvalue weighted by Crippen LogP contribution is 2.15. The Morgan fingerprint density at radius 1 is 1.56 bits per heavy atom. The Morgan fingerprint density at radius 2 is 2.25 bits per heavy atom. The van der Waals surface area contributed by atoms with Gasteiger partial charge < -0.3 is 20.5 Å². The maximum absolute atomic E-state index is 11.6. The molecule has 0 aromatic rings. The topological polar surface area (TPSA) is 73.6 Å². The van der Waals surface area contributed by atoms with Crippen molar-refractivity contribution in [1.82, 2.24) is 5.32 Å². The molecule has 0 aliphatic carbocycles. The number of hydrogen-bond acceptors (Lipinski definition) is 4. The summed E-state index contributed by atoms with van der Waals surface area (Å²) < 4.78 is 10.5. The van der Waals surface area contributed by atoms with E-state index in [0.29, 0.717) is 19.8 Å². The van der Waals surface area contributed by atoms with Gasteiger partial charge in [-0.05, 0) is 39.7 Å². The van der Waals surface area contributed by atoms with Crippen molar-refractivity contribution in [3.8, 4) is 0 Å². The van der Waals surface area contributed by atoms with Crippen molar-refractivity contribution in [3.63, 3.8) is 0 Å². The van der Waals surface area contributed by atoms with E-state index < -0.39 is 11.7 Å². The lowest BCUT2D eigenvalue weighted by Crippen LogP contribution is -2.50. The van der Waals surface area contributed by atoms with Crippen LogP contribution < -0.4 is 11.1 Å². The van der Waals surface area contributed by atoms with E-state index in [1.54, 1.807) is 0 Å². The highest BCUT2D eigenvalue weighted by atomic mass is 16.6. The van der Waals surface area contributed by atoms with Gasteiger partial charge in [0.15, 0.2) is 0 Å². The highest BCUT2D eigenvalue weighted by molar-refractivity contribution is 5.68. The monoisotopic (exact) mass is 230 g/mol. The summed E-state index contributed by atoms with van der Waals surface area (Å²) >= 11 is 0. The molecule has 0 saturated carbocycles. The number of carbonyl (C=O) groups is 1. The second kappa shape index (κ2) is 5.50. The zero-order chi connectivity index (χ0) is 12.2. The normalized spacial score (nSPS) is 26.2. The smallest absolute Gasteiger partial charge is 0.407 e. The molecule has 0 bridgehead atoms. The largest absolute Gasteiger partial charge is 0.444 e. The molecule has 1 heterocycles. The number of rotatable bonds is 2. The summed E-state index contributed by atoms with van der Waals surface area (Å²) in [5.74, 6) is 0.279. The van der Waals surface area contributed by atoms with E-state index in [9.17, 15) is 4.79 Å². The summed E-state index contributed by atoms with van der Waals surface area (Å²) in [6.45, 7) is 7.30. The molecule has 1 amide bonds. The first-order chi connectivity index (χ1) is 7.42. The maximum Gasteiger partial charge on any atom is 0.407 e. The third-order valence-electron chi connectivity index (χ3n) is 2.50. The van der Waals surface area contributed by atoms with Crippen LogP contribution in [0.15, 0.2) is 0 Å². The third kappa shape index (κ3) is 4.37. The van der Waals surface area contributed by atoms with Gasteiger partial charge in [-0.3, -0.25) is 0 Å². The molecule has 5 heteroatoms. The third-order valence-corrected chi connectivity index (χ3v) is 2.50. The van der Waals surface area contributed by atoms with E-state index in [4.69, 9.17) is 15.2 Å². The van der Waals surface area contributed by atoms with Gasteiger partial charge >= 0.3 is 6.09 Å². The predicted octanol–water partition coefficient (Wildman–Crippen LogP) is 0.875. The minimum Gasteiger partial charge on any atom is -0.444 e. The Morgan fingerprint density at radius 3 is 2.81 bits per heavy atom. The van der Waals surface area contributed by atoms with Crippen LogP contribution in [-0.2, 0) is 9.47 Å². The van der Waals surface area contributed by atoms with E-state index in [1.807, 2.05) is 20.8 Å². The van der Waals surface area contributed by atoms with Gasteiger partial charge in [0.1, 0.15) is 5.60 Å². The number of nitrogens with one attached hydrogen (secondary N) is 1. The van der Waals surface area contributed by atoms with E-state index >= 15 is 0 Å². The van der Waals surface area contributed by atoms with Crippen molar-refractivity contribution in [1.29, 1.82) is 0 Å². The molecule has 5 nitrogen and oxygen atoms in total. The summed E-state index contributed by atoms with van der Waals surface area (Å²) in [5, 5.41) is 2.81. The molecule has 1 aliphatic rings. The Balaban J connectivity index is 2.42. The number of amides is 1. The maximum atomic E-state index is 11.6. The predicted molar refractivity (Wildman–Crippen MR) is 61.1 cm³/mol. The van der Waals surface area contributed by atoms with Gasteiger partial charge in [0.2, 0.25) is 0 Å². The second-order valence-corrected chi connectivity index (χ2v) is 5.11. The fourth-order valence-corrected chi connectivity index (χ4v) is 1.68. The molecule has 0 unspecified atom stereocenters. The fourth-order valence-electron chi connectivity index (χ4n) is 1.68. The summed E-state index contributed by atoms with van der Waals surface area (Å²) in [5.41, 5.74) is 5.17. The van der Waals surface area contributed by atoms with Gasteiger partial charge in [-0.25, -0.2) is 4.79 Å². The van der Waals surface area contributed by atoms with Crippen molar-refractivity contribution in [2.75, 3.05) is 19.8 Å². The molecule has 3 N–H and O–H groups in total. The average Bonchev–Trinajstić information content (AvgIpc) is 2.15. The van der Waals surface area contributed by atoms with Gasteiger partial charge in [0, 0.05) is 6.61 Å². The Labute approximate surface area is 96.7 Å². The molecule has 94 valence electrons. The van der Waals surface area contributed by atoms with Gasteiger partial charge in [-0.1, -0.05) is 0 Å². The number of hydrogen-bond donors (Lipinski definition) is 2. The molecule has 16 heavy (non-hydrogen) atoms. The van der Waals surface area contributed by atoms with Crippen molar-refractivity contribution in [2.45, 2.75) is 38.8 Å². The number of carbonyl (C=O) groups excluding carboxylic acids is 1. The molecule has 0 radical (unpaired) electrons. The van der Waals surface area contributed by atoms with Crippen LogP contribution >= 0.6 is 0 Å². The number of ether oxygens (including phenoxy) is 2. The fraction of sp³-hybridized carbons (Fsp3) is 0.909. The second-order valence-electron chi connectivity index (χ2n) is 5.11. The van der Waals surface area contributed by atoms with Crippen LogP contribution in [0, 0.1) is 5.92 Å². The van der Waals surface area contributed by atoms with Gasteiger partial charge in [-0.15, -0.1) is 0 Å². The molecule has 1 aliphatic heterocycles. The molecule has 0 aromatic heterocycles. The molecule has 1 fully saturated rings. The first-order valence-electron chi connectivity index (χ1n) is 5.69. The molecule has 2 atom stereocenters. The standard InChI is InChI=1S/C11H22N2O3/c1-11(2,3)16-10(14)13-9-7-15-5-4-8(9)6-12/h8-9H,4-7,12H2,1-3H3,(H,13,14)/t8-,9+/m0/s1. The van der Waals surface area contributed by atoms with E-state index in [0.717, 1.165) is 6.42 Å². The van der Waals surface area contributed by atoms with Crippen LogP contribution in [-0.4, -0.2) is 37.5 Å². The molecule has 0 aromatic carbocycles. The van der Waals surface area contributed by atoms with E-state index in [-0.39, 0.29) is 12.0 Å². The average molecular weight is 230 g/mol. The highest BCUT2D eigenvalue weighted by Gasteiger charge is 2.27. The van der Waals surface area contributed by atoms with Crippen molar-refractivity contribution in [2.24, 2.45) is 11.7 Å².